The van der Waals surface area contributed by atoms with Gasteiger partial charge in [0.2, 0.25) is 0 Å². The van der Waals surface area contributed by atoms with E-state index < -0.39 is 0 Å². The smallest absolute Gasteiger partial charge is 0.163 e. The zero-order valence-electron chi connectivity index (χ0n) is 12.7. The van der Waals surface area contributed by atoms with E-state index in [-0.39, 0.29) is 12.4 Å². The number of halogens is 1. The number of rotatable bonds is 1. The summed E-state index contributed by atoms with van der Waals surface area (Å²) in [4.78, 5) is 6.91. The Hall–Kier alpha value is -2.28. The quantitative estimate of drug-likeness (QED) is 0.869. The molecule has 3 heterocycles. The largest absolute Gasteiger partial charge is 0.388 e. The van der Waals surface area contributed by atoms with Crippen LogP contribution in [0.15, 0.2) is 23.2 Å². The van der Waals surface area contributed by atoms with E-state index in [1.807, 2.05) is 0 Å². The summed E-state index contributed by atoms with van der Waals surface area (Å²) in [5.41, 5.74) is 1.51. The Morgan fingerprint density at radius 3 is 2.74 bits per heavy atom. The second-order valence-electron chi connectivity index (χ2n) is 5.87. The summed E-state index contributed by atoms with van der Waals surface area (Å²) < 4.78 is 15.7. The lowest BCUT2D eigenvalue weighted by molar-refractivity contribution is 0.268. The Bertz CT molecular complexity index is 764. The van der Waals surface area contributed by atoms with Gasteiger partial charge in [0, 0.05) is 18.7 Å². The summed E-state index contributed by atoms with van der Waals surface area (Å²) in [6, 6.07) is 4.64. The number of nitrogens with zero attached hydrogens (tertiary/aromatic N) is 5. The van der Waals surface area contributed by atoms with Crippen LogP contribution in [-0.2, 0) is 13.2 Å². The first kappa shape index (κ1) is 14.3. The molecule has 0 atom stereocenters. The number of amidine groups is 1. The number of aliphatic hydroxyl groups excluding tert-OH is 1. The molecular weight excluding hydrogens is 297 g/mol. The number of benzene rings is 1. The molecule has 1 saturated heterocycles. The predicted molar refractivity (Wildman–Crippen MR) is 82.9 cm³/mol. The standard InChI is InChI=1S/C16H18FN5O/c17-11-4-5-13-12(8-11)16(21-6-2-1-3-7-21)18-9-14-19-20-15(10-23)22(13)14/h4-5,8,23H,1-3,6-7,9-10H2. The van der Waals surface area contributed by atoms with Crippen molar-refractivity contribution in [3.8, 4) is 5.69 Å². The van der Waals surface area contributed by atoms with Gasteiger partial charge in [-0.25, -0.2) is 4.39 Å². The van der Waals surface area contributed by atoms with E-state index in [9.17, 15) is 9.50 Å². The fraction of sp³-hybridized carbons (Fsp3) is 0.438. The minimum Gasteiger partial charge on any atom is -0.388 e. The maximum absolute atomic E-state index is 13.9. The van der Waals surface area contributed by atoms with Gasteiger partial charge in [-0.05, 0) is 37.5 Å². The summed E-state index contributed by atoms with van der Waals surface area (Å²) in [5.74, 6) is 1.63. The zero-order chi connectivity index (χ0) is 15.8. The van der Waals surface area contributed by atoms with Crippen LogP contribution < -0.4 is 0 Å². The first-order chi connectivity index (χ1) is 11.3. The van der Waals surface area contributed by atoms with Gasteiger partial charge in [0.15, 0.2) is 11.6 Å². The minimum atomic E-state index is -0.296. The van der Waals surface area contributed by atoms with Crippen molar-refractivity contribution in [2.75, 3.05) is 13.1 Å². The number of aliphatic hydroxyl groups is 1. The van der Waals surface area contributed by atoms with Crippen LogP contribution in [0.2, 0.25) is 0 Å². The normalized spacial score (nSPS) is 17.3. The first-order valence-electron chi connectivity index (χ1n) is 7.91. The average Bonchev–Trinajstić information content (AvgIpc) is 2.92. The van der Waals surface area contributed by atoms with Crippen molar-refractivity contribution in [3.63, 3.8) is 0 Å². The number of piperidine rings is 1. The third kappa shape index (κ3) is 2.41. The topological polar surface area (TPSA) is 66.5 Å². The zero-order valence-corrected chi connectivity index (χ0v) is 12.7. The lowest BCUT2D eigenvalue weighted by atomic mass is 10.1. The molecule has 4 rings (SSSR count). The lowest BCUT2D eigenvalue weighted by Gasteiger charge is -2.30. The second-order valence-corrected chi connectivity index (χ2v) is 5.87. The minimum absolute atomic E-state index is 0.219. The van der Waals surface area contributed by atoms with Gasteiger partial charge < -0.3 is 10.0 Å². The summed E-state index contributed by atoms with van der Waals surface area (Å²) in [7, 11) is 0. The van der Waals surface area contributed by atoms with Gasteiger partial charge in [-0.15, -0.1) is 10.2 Å². The fourth-order valence-corrected chi connectivity index (χ4v) is 3.33. The SMILES string of the molecule is OCc1nnc2n1-c1ccc(F)cc1C(N1CCCCC1)=NC2. The average molecular weight is 315 g/mol. The molecule has 0 saturated carbocycles. The van der Waals surface area contributed by atoms with Crippen LogP contribution >= 0.6 is 0 Å². The fourth-order valence-electron chi connectivity index (χ4n) is 3.33. The van der Waals surface area contributed by atoms with Crippen LogP contribution in [0.1, 0.15) is 36.5 Å². The first-order valence-corrected chi connectivity index (χ1v) is 7.91. The van der Waals surface area contributed by atoms with Crippen molar-refractivity contribution in [2.24, 2.45) is 4.99 Å². The molecule has 7 heteroatoms. The molecule has 1 N–H and O–H groups in total. The number of hydrogen-bond acceptors (Lipinski definition) is 5. The second kappa shape index (κ2) is 5.73. The van der Waals surface area contributed by atoms with Crippen molar-refractivity contribution < 1.29 is 9.50 Å². The van der Waals surface area contributed by atoms with Gasteiger partial charge in [-0.2, -0.15) is 0 Å². The molecule has 0 unspecified atom stereocenters. The third-order valence-electron chi connectivity index (χ3n) is 4.40. The number of hydrogen-bond donors (Lipinski definition) is 1. The summed E-state index contributed by atoms with van der Waals surface area (Å²) in [5, 5.41) is 17.6. The van der Waals surface area contributed by atoms with Gasteiger partial charge in [0.25, 0.3) is 0 Å². The van der Waals surface area contributed by atoms with E-state index in [2.05, 4.69) is 20.1 Å². The lowest BCUT2D eigenvalue weighted by Crippen LogP contribution is -2.36. The summed E-state index contributed by atoms with van der Waals surface area (Å²) in [6.45, 7) is 2.02. The van der Waals surface area contributed by atoms with E-state index in [0.29, 0.717) is 18.2 Å². The summed E-state index contributed by atoms with van der Waals surface area (Å²) in [6.07, 6.45) is 3.47. The number of fused-ring (bicyclic) bond motifs is 3. The van der Waals surface area contributed by atoms with Crippen LogP contribution in [0.25, 0.3) is 5.69 Å². The van der Waals surface area contributed by atoms with Crippen LogP contribution in [0, 0.1) is 5.82 Å². The van der Waals surface area contributed by atoms with Gasteiger partial charge in [-0.1, -0.05) is 0 Å². The predicted octanol–water partition coefficient (Wildman–Crippen LogP) is 1.64. The van der Waals surface area contributed by atoms with Gasteiger partial charge >= 0.3 is 0 Å². The monoisotopic (exact) mass is 315 g/mol. The molecule has 1 aromatic carbocycles. The number of likely N-dealkylation sites (tertiary alicyclic amines) is 1. The third-order valence-corrected chi connectivity index (χ3v) is 4.40. The van der Waals surface area contributed by atoms with Crippen LogP contribution in [0.3, 0.4) is 0 Å². The highest BCUT2D eigenvalue weighted by Crippen LogP contribution is 2.26. The van der Waals surface area contributed by atoms with E-state index in [4.69, 9.17) is 0 Å². The maximum atomic E-state index is 13.9. The molecule has 2 aromatic rings. The van der Waals surface area contributed by atoms with Gasteiger partial charge in [-0.3, -0.25) is 9.56 Å². The van der Waals surface area contributed by atoms with Crippen molar-refractivity contribution in [3.05, 3.63) is 41.2 Å². The van der Waals surface area contributed by atoms with Crippen LogP contribution in [0.5, 0.6) is 0 Å². The van der Waals surface area contributed by atoms with Gasteiger partial charge in [0.05, 0.1) is 5.69 Å². The van der Waals surface area contributed by atoms with Crippen molar-refractivity contribution in [2.45, 2.75) is 32.4 Å². The molecule has 0 radical (unpaired) electrons. The van der Waals surface area contributed by atoms with Crippen molar-refractivity contribution in [1.29, 1.82) is 0 Å². The molecule has 120 valence electrons. The van der Waals surface area contributed by atoms with E-state index in [1.165, 1.54) is 18.6 Å². The van der Waals surface area contributed by atoms with Crippen molar-refractivity contribution >= 4 is 5.84 Å². The van der Waals surface area contributed by atoms with E-state index in [0.717, 1.165) is 43.0 Å². The Balaban J connectivity index is 1.88. The molecular formula is C16H18FN5O. The Labute approximate surface area is 133 Å². The van der Waals surface area contributed by atoms with E-state index >= 15 is 0 Å². The van der Waals surface area contributed by atoms with Crippen LogP contribution in [-0.4, -0.2) is 43.7 Å². The molecule has 23 heavy (non-hydrogen) atoms. The molecule has 1 aromatic heterocycles. The Morgan fingerprint density at radius 2 is 1.96 bits per heavy atom. The Morgan fingerprint density at radius 1 is 1.13 bits per heavy atom. The molecule has 0 spiro atoms. The number of aliphatic imine (C=N–C) groups is 1. The van der Waals surface area contributed by atoms with Crippen molar-refractivity contribution in [1.82, 2.24) is 19.7 Å². The maximum Gasteiger partial charge on any atom is 0.163 e. The highest BCUT2D eigenvalue weighted by atomic mass is 19.1. The summed E-state index contributed by atoms with van der Waals surface area (Å²) >= 11 is 0. The van der Waals surface area contributed by atoms with E-state index in [1.54, 1.807) is 10.6 Å². The number of aromatic nitrogens is 3. The molecule has 0 aliphatic carbocycles. The molecule has 6 nitrogen and oxygen atoms in total. The molecule has 0 amide bonds. The Kier molecular flexibility index (Phi) is 3.57. The molecule has 1 fully saturated rings. The highest BCUT2D eigenvalue weighted by molar-refractivity contribution is 6.02. The van der Waals surface area contributed by atoms with Crippen LogP contribution in [0.4, 0.5) is 4.39 Å². The molecule has 2 aliphatic heterocycles. The highest BCUT2D eigenvalue weighted by Gasteiger charge is 2.26. The van der Waals surface area contributed by atoms with Gasteiger partial charge in [0.1, 0.15) is 24.8 Å². The molecule has 0 bridgehead atoms. The molecule has 2 aliphatic rings.